The van der Waals surface area contributed by atoms with Crippen LogP contribution in [0.15, 0.2) is 67.4 Å². The smallest absolute Gasteiger partial charge is 0.156 e. The van der Waals surface area contributed by atoms with Crippen LogP contribution in [-0.4, -0.2) is 42.6 Å². The van der Waals surface area contributed by atoms with Gasteiger partial charge in [0.15, 0.2) is 11.5 Å². The third-order valence-electron chi connectivity index (χ3n) is 5.14. The van der Waals surface area contributed by atoms with Gasteiger partial charge in [0.2, 0.25) is 0 Å². The molecule has 1 aliphatic rings. The van der Waals surface area contributed by atoms with Crippen molar-refractivity contribution in [1.29, 1.82) is 0 Å². The molecule has 0 N–H and O–H groups in total. The minimum atomic E-state index is 0.383. The summed E-state index contributed by atoms with van der Waals surface area (Å²) in [6, 6.07) is 12.3. The maximum Gasteiger partial charge on any atom is 0.156 e. The van der Waals surface area contributed by atoms with Gasteiger partial charge in [-0.2, -0.15) is 5.10 Å². The Morgan fingerprint density at radius 1 is 0.963 bits per heavy atom. The van der Waals surface area contributed by atoms with E-state index in [1.807, 2.05) is 41.4 Å². The highest BCUT2D eigenvalue weighted by molar-refractivity contribution is 5.63. The Labute approximate surface area is 157 Å². The zero-order valence-corrected chi connectivity index (χ0v) is 14.9. The molecule has 6 heteroatoms. The normalized spacial score (nSPS) is 17.6. The minimum absolute atomic E-state index is 0.383. The average molecular weight is 356 g/mol. The molecule has 134 valence electrons. The second-order valence-electron chi connectivity index (χ2n) is 7.01. The molecule has 6 nitrogen and oxygen atoms in total. The Kier molecular flexibility index (Phi) is 4.10. The lowest BCUT2D eigenvalue weighted by molar-refractivity contribution is 0.325. The third-order valence-corrected chi connectivity index (χ3v) is 5.14. The first-order chi connectivity index (χ1) is 13.3. The molecule has 0 unspecified atom stereocenters. The number of rotatable bonds is 4. The molecule has 1 saturated heterocycles. The van der Waals surface area contributed by atoms with Gasteiger partial charge in [-0.3, -0.25) is 14.9 Å². The highest BCUT2D eigenvalue weighted by Crippen LogP contribution is 2.27. The van der Waals surface area contributed by atoms with Crippen LogP contribution >= 0.6 is 0 Å². The molecule has 0 spiro atoms. The summed E-state index contributed by atoms with van der Waals surface area (Å²) >= 11 is 0. The fraction of sp³-hybridized carbons (Fsp3) is 0.238. The van der Waals surface area contributed by atoms with Gasteiger partial charge in [-0.15, -0.1) is 0 Å². The van der Waals surface area contributed by atoms with Gasteiger partial charge in [-0.1, -0.05) is 6.07 Å². The molecule has 4 aromatic rings. The Morgan fingerprint density at radius 2 is 1.89 bits per heavy atom. The Morgan fingerprint density at radius 3 is 2.74 bits per heavy atom. The van der Waals surface area contributed by atoms with Crippen molar-refractivity contribution in [2.24, 2.45) is 0 Å². The van der Waals surface area contributed by atoms with Crippen LogP contribution < -0.4 is 0 Å². The SMILES string of the molecule is c1cncc(-c2ccc3nc([C@@H]4CCN(Cc5ccncc5)C4)nn3c2)c1. The monoisotopic (exact) mass is 356 g/mol. The fourth-order valence-electron chi connectivity index (χ4n) is 3.71. The van der Waals surface area contributed by atoms with Gasteiger partial charge >= 0.3 is 0 Å². The van der Waals surface area contributed by atoms with E-state index in [1.54, 1.807) is 6.20 Å². The maximum absolute atomic E-state index is 4.77. The van der Waals surface area contributed by atoms with Crippen LogP contribution in [0.1, 0.15) is 23.7 Å². The molecular formula is C21H20N6. The first-order valence-corrected chi connectivity index (χ1v) is 9.23. The summed E-state index contributed by atoms with van der Waals surface area (Å²) in [5, 5.41) is 4.77. The molecule has 0 aliphatic carbocycles. The molecule has 5 heterocycles. The molecule has 1 atom stereocenters. The van der Waals surface area contributed by atoms with Gasteiger partial charge in [0.25, 0.3) is 0 Å². The van der Waals surface area contributed by atoms with Crippen LogP contribution in [0.5, 0.6) is 0 Å². The van der Waals surface area contributed by atoms with E-state index >= 15 is 0 Å². The summed E-state index contributed by atoms with van der Waals surface area (Å²) in [5.74, 6) is 1.32. The topological polar surface area (TPSA) is 59.2 Å². The zero-order chi connectivity index (χ0) is 18.1. The largest absolute Gasteiger partial charge is 0.298 e. The predicted molar refractivity (Wildman–Crippen MR) is 103 cm³/mol. The molecule has 0 aromatic carbocycles. The first kappa shape index (κ1) is 16.1. The molecule has 0 amide bonds. The van der Waals surface area contributed by atoms with Crippen LogP contribution in [0.3, 0.4) is 0 Å². The second kappa shape index (κ2) is 6.89. The lowest BCUT2D eigenvalue weighted by atomic mass is 10.1. The summed E-state index contributed by atoms with van der Waals surface area (Å²) < 4.78 is 1.89. The number of hydrogen-bond acceptors (Lipinski definition) is 5. The van der Waals surface area contributed by atoms with E-state index in [0.717, 1.165) is 48.7 Å². The van der Waals surface area contributed by atoms with Crippen LogP contribution in [0.4, 0.5) is 0 Å². The highest BCUT2D eigenvalue weighted by atomic mass is 15.3. The molecule has 27 heavy (non-hydrogen) atoms. The van der Waals surface area contributed by atoms with Gasteiger partial charge in [0.1, 0.15) is 0 Å². The van der Waals surface area contributed by atoms with Crippen LogP contribution in [0.2, 0.25) is 0 Å². The van der Waals surface area contributed by atoms with Crippen molar-refractivity contribution in [2.75, 3.05) is 13.1 Å². The quantitative estimate of drug-likeness (QED) is 0.562. The summed E-state index contributed by atoms with van der Waals surface area (Å²) in [4.78, 5) is 15.5. The van der Waals surface area contributed by atoms with Crippen molar-refractivity contribution in [1.82, 2.24) is 29.5 Å². The van der Waals surface area contributed by atoms with E-state index in [1.165, 1.54) is 5.56 Å². The van der Waals surface area contributed by atoms with Crippen molar-refractivity contribution < 1.29 is 0 Å². The number of hydrogen-bond donors (Lipinski definition) is 0. The van der Waals surface area contributed by atoms with Crippen molar-refractivity contribution >= 4 is 5.65 Å². The van der Waals surface area contributed by atoms with E-state index in [4.69, 9.17) is 10.1 Å². The first-order valence-electron chi connectivity index (χ1n) is 9.23. The number of nitrogens with zero attached hydrogens (tertiary/aromatic N) is 6. The molecule has 0 radical (unpaired) electrons. The molecule has 4 aromatic heterocycles. The van der Waals surface area contributed by atoms with Gasteiger partial charge in [-0.05, 0) is 48.9 Å². The number of likely N-dealkylation sites (tertiary alicyclic amines) is 1. The Bertz CT molecular complexity index is 1040. The summed E-state index contributed by atoms with van der Waals surface area (Å²) in [6.07, 6.45) is 10.5. The predicted octanol–water partition coefficient (Wildman–Crippen LogP) is 3.18. The average Bonchev–Trinajstić information content (AvgIpc) is 3.35. The lowest BCUT2D eigenvalue weighted by Crippen LogP contribution is -2.20. The number of pyridine rings is 3. The van der Waals surface area contributed by atoms with E-state index in [9.17, 15) is 0 Å². The Hall–Kier alpha value is -3.12. The number of aromatic nitrogens is 5. The number of fused-ring (bicyclic) bond motifs is 1. The molecule has 1 aliphatic heterocycles. The summed E-state index contributed by atoms with van der Waals surface area (Å²) in [6.45, 7) is 3.02. The zero-order valence-electron chi connectivity index (χ0n) is 14.9. The third kappa shape index (κ3) is 3.31. The highest BCUT2D eigenvalue weighted by Gasteiger charge is 2.27. The summed E-state index contributed by atoms with van der Waals surface area (Å²) in [5.41, 5.74) is 4.37. The van der Waals surface area contributed by atoms with Crippen LogP contribution in [0, 0.1) is 0 Å². The van der Waals surface area contributed by atoms with E-state index in [0.29, 0.717) is 5.92 Å². The van der Waals surface area contributed by atoms with Gasteiger partial charge in [-0.25, -0.2) is 9.50 Å². The van der Waals surface area contributed by atoms with E-state index in [-0.39, 0.29) is 0 Å². The van der Waals surface area contributed by atoms with Gasteiger partial charge in [0.05, 0.1) is 0 Å². The Balaban J connectivity index is 1.35. The molecule has 1 fully saturated rings. The fourth-order valence-corrected chi connectivity index (χ4v) is 3.71. The lowest BCUT2D eigenvalue weighted by Gasteiger charge is -2.14. The molecule has 0 saturated carbocycles. The standard InChI is InChI=1S/C21H20N6/c1-2-17(12-23-8-1)18-3-4-20-24-21(25-27(20)15-18)19-7-11-26(14-19)13-16-5-9-22-10-6-16/h1-6,8-10,12,15,19H,7,11,13-14H2/t19-/m1/s1. The van der Waals surface area contributed by atoms with Crippen molar-refractivity contribution in [3.05, 3.63) is 78.8 Å². The summed E-state index contributed by atoms with van der Waals surface area (Å²) in [7, 11) is 0. The van der Waals surface area contributed by atoms with E-state index < -0.39 is 0 Å². The minimum Gasteiger partial charge on any atom is -0.298 e. The van der Waals surface area contributed by atoms with Gasteiger partial charge in [0, 0.05) is 61.1 Å². The second-order valence-corrected chi connectivity index (χ2v) is 7.01. The van der Waals surface area contributed by atoms with Gasteiger partial charge < -0.3 is 0 Å². The van der Waals surface area contributed by atoms with Crippen LogP contribution in [0.25, 0.3) is 16.8 Å². The van der Waals surface area contributed by atoms with Crippen molar-refractivity contribution in [2.45, 2.75) is 18.9 Å². The van der Waals surface area contributed by atoms with Crippen molar-refractivity contribution in [3.63, 3.8) is 0 Å². The maximum atomic E-state index is 4.77. The molecular weight excluding hydrogens is 336 g/mol. The molecule has 0 bridgehead atoms. The van der Waals surface area contributed by atoms with Crippen molar-refractivity contribution in [3.8, 4) is 11.1 Å². The van der Waals surface area contributed by atoms with E-state index in [2.05, 4.69) is 39.1 Å². The van der Waals surface area contributed by atoms with Crippen LogP contribution in [-0.2, 0) is 6.54 Å². The molecule has 5 rings (SSSR count).